The Labute approximate surface area is 200 Å². The van der Waals surface area contributed by atoms with Gasteiger partial charge in [-0.15, -0.1) is 0 Å². The number of ketones is 1. The lowest BCUT2D eigenvalue weighted by atomic mass is 9.95. The van der Waals surface area contributed by atoms with E-state index in [1.165, 1.54) is 25.2 Å². The monoisotopic (exact) mass is 465 g/mol. The molecule has 1 N–H and O–H groups in total. The summed E-state index contributed by atoms with van der Waals surface area (Å²) >= 11 is 0. The molecule has 1 aliphatic heterocycles. The number of carbonyl (C=O) groups is 2. The second-order valence-electron chi connectivity index (χ2n) is 8.16. The third kappa shape index (κ3) is 5.66. The van der Waals surface area contributed by atoms with Crippen molar-refractivity contribution in [3.8, 4) is 11.5 Å². The van der Waals surface area contributed by atoms with Gasteiger partial charge in [0.25, 0.3) is 5.91 Å². The van der Waals surface area contributed by atoms with E-state index in [-0.39, 0.29) is 11.7 Å². The number of ether oxygens (including phenoxy) is 3. The zero-order valence-corrected chi connectivity index (χ0v) is 20.0. The standard InChI is InChI=1S/C27H31NO6/c1-18(2)34-16-8-15-28-25(20-12-14-22(32-3)23(17-20)33-4)24(26(30)27(28)31)21(29)13-11-19-9-6-5-7-10-19/h5-7,9-14,17-18,25,30H,8,15-16H2,1-4H3/b13-11+/t25-/m1/s1. The summed E-state index contributed by atoms with van der Waals surface area (Å²) in [7, 11) is 3.05. The summed E-state index contributed by atoms with van der Waals surface area (Å²) in [5.41, 5.74) is 1.51. The molecule has 0 aliphatic carbocycles. The minimum absolute atomic E-state index is 0.0363. The van der Waals surface area contributed by atoms with Crippen LogP contribution in [0.2, 0.25) is 0 Å². The van der Waals surface area contributed by atoms with Crippen LogP contribution in [0.15, 0.2) is 65.9 Å². The fraction of sp³-hybridized carbons (Fsp3) is 0.333. The predicted octanol–water partition coefficient (Wildman–Crippen LogP) is 4.50. The number of amides is 1. The van der Waals surface area contributed by atoms with Crippen LogP contribution in [0.4, 0.5) is 0 Å². The van der Waals surface area contributed by atoms with Gasteiger partial charge in [-0.1, -0.05) is 42.5 Å². The number of aliphatic hydroxyl groups excluding tert-OH is 1. The number of methoxy groups -OCH3 is 2. The third-order valence-electron chi connectivity index (χ3n) is 5.51. The van der Waals surface area contributed by atoms with Crippen LogP contribution >= 0.6 is 0 Å². The zero-order valence-electron chi connectivity index (χ0n) is 20.0. The van der Waals surface area contributed by atoms with Crippen molar-refractivity contribution in [1.82, 2.24) is 4.90 Å². The van der Waals surface area contributed by atoms with Crippen LogP contribution in [0.5, 0.6) is 11.5 Å². The van der Waals surface area contributed by atoms with Crippen molar-refractivity contribution in [1.29, 1.82) is 0 Å². The number of aliphatic hydroxyl groups is 1. The first-order valence-electron chi connectivity index (χ1n) is 11.2. The zero-order chi connectivity index (χ0) is 24.7. The molecule has 1 atom stereocenters. The highest BCUT2D eigenvalue weighted by atomic mass is 16.5. The highest BCUT2D eigenvalue weighted by Gasteiger charge is 2.42. The second kappa shape index (κ2) is 11.5. The molecule has 2 aromatic carbocycles. The van der Waals surface area contributed by atoms with Crippen molar-refractivity contribution in [3.63, 3.8) is 0 Å². The summed E-state index contributed by atoms with van der Waals surface area (Å²) in [6, 6.07) is 13.8. The topological polar surface area (TPSA) is 85.3 Å². The van der Waals surface area contributed by atoms with Crippen molar-refractivity contribution in [2.75, 3.05) is 27.4 Å². The van der Waals surface area contributed by atoms with Crippen LogP contribution in [0.25, 0.3) is 6.08 Å². The van der Waals surface area contributed by atoms with E-state index in [2.05, 4.69) is 0 Å². The maximum Gasteiger partial charge on any atom is 0.290 e. The largest absolute Gasteiger partial charge is 0.503 e. The van der Waals surface area contributed by atoms with E-state index in [9.17, 15) is 14.7 Å². The quantitative estimate of drug-likeness (QED) is 0.389. The van der Waals surface area contributed by atoms with Crippen LogP contribution in [0.3, 0.4) is 0 Å². The predicted molar refractivity (Wildman–Crippen MR) is 130 cm³/mol. The van der Waals surface area contributed by atoms with Gasteiger partial charge in [0.1, 0.15) is 0 Å². The molecule has 180 valence electrons. The van der Waals surface area contributed by atoms with Crippen LogP contribution < -0.4 is 9.47 Å². The van der Waals surface area contributed by atoms with E-state index in [4.69, 9.17) is 14.2 Å². The van der Waals surface area contributed by atoms with E-state index in [0.717, 1.165) is 5.56 Å². The van der Waals surface area contributed by atoms with Crippen molar-refractivity contribution in [2.45, 2.75) is 32.4 Å². The fourth-order valence-corrected chi connectivity index (χ4v) is 3.89. The number of carbonyl (C=O) groups excluding carboxylic acids is 2. The molecule has 0 aromatic heterocycles. The molecule has 1 amide bonds. The molecule has 0 fully saturated rings. The molecule has 1 aliphatic rings. The minimum Gasteiger partial charge on any atom is -0.503 e. The molecular formula is C27H31NO6. The van der Waals surface area contributed by atoms with Gasteiger partial charge in [0.15, 0.2) is 23.0 Å². The van der Waals surface area contributed by atoms with Gasteiger partial charge in [-0.25, -0.2) is 0 Å². The fourth-order valence-electron chi connectivity index (χ4n) is 3.89. The lowest BCUT2D eigenvalue weighted by molar-refractivity contribution is -0.129. The molecular weight excluding hydrogens is 434 g/mol. The van der Waals surface area contributed by atoms with Gasteiger partial charge in [0.2, 0.25) is 0 Å². The highest BCUT2D eigenvalue weighted by Crippen LogP contribution is 2.41. The van der Waals surface area contributed by atoms with E-state index >= 15 is 0 Å². The van der Waals surface area contributed by atoms with E-state index < -0.39 is 23.5 Å². The lowest BCUT2D eigenvalue weighted by Gasteiger charge is -2.27. The van der Waals surface area contributed by atoms with E-state index in [1.807, 2.05) is 44.2 Å². The Morgan fingerprint density at radius 1 is 1.09 bits per heavy atom. The van der Waals surface area contributed by atoms with E-state index in [0.29, 0.717) is 36.6 Å². The maximum absolute atomic E-state index is 13.2. The first kappa shape index (κ1) is 25.1. The molecule has 0 saturated heterocycles. The molecule has 7 heteroatoms. The average molecular weight is 466 g/mol. The van der Waals surface area contributed by atoms with Gasteiger partial charge in [0.05, 0.1) is 31.9 Å². The third-order valence-corrected chi connectivity index (χ3v) is 5.51. The summed E-state index contributed by atoms with van der Waals surface area (Å²) < 4.78 is 16.4. The van der Waals surface area contributed by atoms with Gasteiger partial charge in [-0.2, -0.15) is 0 Å². The molecule has 0 saturated carbocycles. The molecule has 1 heterocycles. The smallest absolute Gasteiger partial charge is 0.290 e. The number of allylic oxidation sites excluding steroid dienone is 1. The Kier molecular flexibility index (Phi) is 8.49. The number of hydrogen-bond acceptors (Lipinski definition) is 6. The Morgan fingerprint density at radius 3 is 2.44 bits per heavy atom. The summed E-state index contributed by atoms with van der Waals surface area (Å²) in [4.78, 5) is 27.8. The van der Waals surface area contributed by atoms with Crippen LogP contribution in [-0.2, 0) is 14.3 Å². The van der Waals surface area contributed by atoms with Crippen LogP contribution in [0, 0.1) is 0 Å². The van der Waals surface area contributed by atoms with Crippen LogP contribution in [0.1, 0.15) is 37.4 Å². The van der Waals surface area contributed by atoms with Crippen molar-refractivity contribution >= 4 is 17.8 Å². The summed E-state index contributed by atoms with van der Waals surface area (Å²) in [5, 5.41) is 10.7. The molecule has 34 heavy (non-hydrogen) atoms. The van der Waals surface area contributed by atoms with Crippen molar-refractivity contribution < 1.29 is 28.9 Å². The lowest BCUT2D eigenvalue weighted by Crippen LogP contribution is -2.32. The molecule has 0 bridgehead atoms. The van der Waals surface area contributed by atoms with Gasteiger partial charge in [-0.3, -0.25) is 9.59 Å². The summed E-state index contributed by atoms with van der Waals surface area (Å²) in [6.45, 7) is 4.65. The molecule has 3 rings (SSSR count). The minimum atomic E-state index is -0.765. The normalized spacial score (nSPS) is 16.1. The first-order valence-corrected chi connectivity index (χ1v) is 11.2. The summed E-state index contributed by atoms with van der Waals surface area (Å²) in [6.07, 6.45) is 3.68. The number of hydrogen-bond donors (Lipinski definition) is 1. The number of rotatable bonds is 11. The SMILES string of the molecule is COc1ccc([C@@H]2C(C(=O)/C=C/c3ccccc3)=C(O)C(=O)N2CCCOC(C)C)cc1OC. The average Bonchev–Trinajstić information content (AvgIpc) is 3.10. The van der Waals surface area contributed by atoms with Gasteiger partial charge in [-0.05, 0) is 49.6 Å². The van der Waals surface area contributed by atoms with Gasteiger partial charge in [0, 0.05) is 13.2 Å². The van der Waals surface area contributed by atoms with Gasteiger partial charge < -0.3 is 24.2 Å². The maximum atomic E-state index is 13.2. The van der Waals surface area contributed by atoms with Crippen molar-refractivity contribution in [2.24, 2.45) is 0 Å². The second-order valence-corrected chi connectivity index (χ2v) is 8.16. The van der Waals surface area contributed by atoms with E-state index in [1.54, 1.807) is 24.3 Å². The molecule has 7 nitrogen and oxygen atoms in total. The molecule has 2 aromatic rings. The Hall–Kier alpha value is -3.58. The molecule has 0 spiro atoms. The first-order chi connectivity index (χ1) is 16.4. The highest BCUT2D eigenvalue weighted by molar-refractivity contribution is 6.14. The Bertz CT molecular complexity index is 1070. The van der Waals surface area contributed by atoms with Crippen LogP contribution in [-0.4, -0.2) is 55.2 Å². The Balaban J connectivity index is 1.96. The number of nitrogens with zero attached hydrogens (tertiary/aromatic N) is 1. The van der Waals surface area contributed by atoms with Crippen molar-refractivity contribution in [3.05, 3.63) is 77.1 Å². The van der Waals surface area contributed by atoms with Gasteiger partial charge >= 0.3 is 0 Å². The summed E-state index contributed by atoms with van der Waals surface area (Å²) in [5.74, 6) is -0.561. The molecule has 0 unspecified atom stereocenters. The Morgan fingerprint density at radius 2 is 1.79 bits per heavy atom. The number of benzene rings is 2. The molecule has 0 radical (unpaired) electrons.